The molecule has 0 saturated heterocycles. The number of anilines is 1. The van der Waals surface area contributed by atoms with Crippen LogP contribution in [-0.2, 0) is 12.3 Å². The molecule has 2 N–H and O–H groups in total. The number of nitrogen functional groups attached to an aromatic ring is 1. The third kappa shape index (κ3) is 2.85. The normalized spacial score (nSPS) is 11.1. The molecule has 21 heavy (non-hydrogen) atoms. The molecule has 0 atom stereocenters. The lowest BCUT2D eigenvalue weighted by molar-refractivity contribution is 0.747. The van der Waals surface area contributed by atoms with Crippen molar-refractivity contribution in [3.63, 3.8) is 0 Å². The Balaban J connectivity index is 1.89. The summed E-state index contributed by atoms with van der Waals surface area (Å²) < 4.78 is 2.21. The Labute approximate surface area is 127 Å². The first-order chi connectivity index (χ1) is 10.2. The van der Waals surface area contributed by atoms with Crippen molar-refractivity contribution in [2.24, 2.45) is 0 Å². The highest BCUT2D eigenvalue weighted by molar-refractivity contribution is 7.98. The van der Waals surface area contributed by atoms with Gasteiger partial charge in [0.15, 0.2) is 5.16 Å². The number of hydrogen-bond acceptors (Lipinski definition) is 5. The summed E-state index contributed by atoms with van der Waals surface area (Å²) in [7, 11) is 0. The zero-order valence-electron chi connectivity index (χ0n) is 12.1. The number of rotatable bonds is 4. The van der Waals surface area contributed by atoms with Crippen molar-refractivity contribution in [1.29, 1.82) is 0 Å². The van der Waals surface area contributed by atoms with E-state index < -0.39 is 0 Å². The van der Waals surface area contributed by atoms with E-state index in [1.165, 1.54) is 0 Å². The quantitative estimate of drug-likeness (QED) is 0.455. The van der Waals surface area contributed by atoms with E-state index in [9.17, 15) is 0 Å². The molecule has 6 heteroatoms. The molecule has 0 spiro atoms. The summed E-state index contributed by atoms with van der Waals surface area (Å²) in [5.41, 5.74) is 9.61. The summed E-state index contributed by atoms with van der Waals surface area (Å²) >= 11 is 1.60. The maximum atomic E-state index is 5.83. The fourth-order valence-electron chi connectivity index (χ4n) is 2.28. The highest BCUT2D eigenvalue weighted by Gasteiger charge is 2.10. The molecule has 0 aliphatic carbocycles. The highest BCUT2D eigenvalue weighted by Crippen LogP contribution is 2.24. The van der Waals surface area contributed by atoms with Gasteiger partial charge >= 0.3 is 0 Å². The lowest BCUT2D eigenvalue weighted by Gasteiger charge is -2.05. The Bertz CT molecular complexity index is 781. The third-order valence-corrected chi connectivity index (χ3v) is 4.13. The second-order valence-electron chi connectivity index (χ2n) is 4.79. The smallest absolute Gasteiger partial charge is 0.188 e. The van der Waals surface area contributed by atoms with Crippen molar-refractivity contribution < 1.29 is 0 Å². The van der Waals surface area contributed by atoms with Crippen LogP contribution >= 0.6 is 11.8 Å². The summed E-state index contributed by atoms with van der Waals surface area (Å²) in [6, 6.07) is 7.75. The van der Waals surface area contributed by atoms with Crippen LogP contribution in [0.4, 0.5) is 5.69 Å². The van der Waals surface area contributed by atoms with Gasteiger partial charge in [0.2, 0.25) is 0 Å². The standard InChI is InChI=1S/C15H17N5S/c1-3-20-13-5-4-11(16)8-12(13)19-14(20)9-21-15-17-7-6-10(2)18-15/h4-8H,3,9,16H2,1-2H3. The molecular formula is C15H17N5S. The number of aryl methyl sites for hydroxylation is 2. The first kappa shape index (κ1) is 13.9. The predicted octanol–water partition coefficient (Wildman–Crippen LogP) is 3.03. The van der Waals surface area contributed by atoms with Crippen LogP contribution in [0.15, 0.2) is 35.6 Å². The summed E-state index contributed by atoms with van der Waals surface area (Å²) in [6.07, 6.45) is 1.79. The number of thioether (sulfide) groups is 1. The molecule has 3 aromatic rings. The lowest BCUT2D eigenvalue weighted by atomic mass is 10.3. The first-order valence-electron chi connectivity index (χ1n) is 6.84. The van der Waals surface area contributed by atoms with Gasteiger partial charge in [0.05, 0.1) is 16.8 Å². The average Bonchev–Trinajstić information content (AvgIpc) is 2.81. The number of nitrogens with zero attached hydrogens (tertiary/aromatic N) is 4. The lowest BCUT2D eigenvalue weighted by Crippen LogP contribution is -2.00. The third-order valence-electron chi connectivity index (χ3n) is 3.27. The topological polar surface area (TPSA) is 69.6 Å². The van der Waals surface area contributed by atoms with Gasteiger partial charge in [-0.2, -0.15) is 0 Å². The number of aromatic nitrogens is 4. The number of benzene rings is 1. The first-order valence-corrected chi connectivity index (χ1v) is 7.83. The van der Waals surface area contributed by atoms with Gasteiger partial charge in [-0.15, -0.1) is 0 Å². The number of imidazole rings is 1. The number of nitrogens with two attached hydrogens (primary N) is 1. The van der Waals surface area contributed by atoms with Crippen molar-refractivity contribution in [3.8, 4) is 0 Å². The van der Waals surface area contributed by atoms with E-state index in [1.807, 2.05) is 31.2 Å². The molecule has 2 heterocycles. The van der Waals surface area contributed by atoms with Crippen molar-refractivity contribution >= 4 is 28.5 Å². The minimum absolute atomic E-state index is 0.740. The molecule has 0 saturated carbocycles. The summed E-state index contributed by atoms with van der Waals surface area (Å²) in [4.78, 5) is 13.4. The zero-order chi connectivity index (χ0) is 14.8. The predicted molar refractivity (Wildman–Crippen MR) is 86.1 cm³/mol. The van der Waals surface area contributed by atoms with Crippen LogP contribution in [0.5, 0.6) is 0 Å². The van der Waals surface area contributed by atoms with Gasteiger partial charge < -0.3 is 10.3 Å². The molecule has 1 aromatic carbocycles. The maximum absolute atomic E-state index is 5.83. The summed E-state index contributed by atoms with van der Waals surface area (Å²) in [5.74, 6) is 1.76. The molecule has 3 rings (SSSR count). The molecule has 0 bridgehead atoms. The Hall–Kier alpha value is -2.08. The van der Waals surface area contributed by atoms with Crippen LogP contribution in [0.2, 0.25) is 0 Å². The average molecular weight is 299 g/mol. The molecule has 108 valence electrons. The largest absolute Gasteiger partial charge is 0.399 e. The van der Waals surface area contributed by atoms with Gasteiger partial charge in [-0.05, 0) is 38.1 Å². The zero-order valence-corrected chi connectivity index (χ0v) is 12.9. The Morgan fingerprint density at radius 3 is 2.86 bits per heavy atom. The van der Waals surface area contributed by atoms with Crippen molar-refractivity contribution in [1.82, 2.24) is 19.5 Å². The van der Waals surface area contributed by atoms with Gasteiger partial charge in [0.25, 0.3) is 0 Å². The molecule has 0 aliphatic heterocycles. The van der Waals surface area contributed by atoms with E-state index in [-0.39, 0.29) is 0 Å². The fourth-order valence-corrected chi connectivity index (χ4v) is 3.11. The van der Waals surface area contributed by atoms with E-state index in [0.717, 1.165) is 45.7 Å². The van der Waals surface area contributed by atoms with E-state index in [4.69, 9.17) is 5.73 Å². The van der Waals surface area contributed by atoms with Crippen LogP contribution < -0.4 is 5.73 Å². The van der Waals surface area contributed by atoms with Gasteiger partial charge in [-0.25, -0.2) is 15.0 Å². The SMILES string of the molecule is CCn1c(CSc2nccc(C)n2)nc2cc(N)ccc21. The molecule has 0 fully saturated rings. The fraction of sp³-hybridized carbons (Fsp3) is 0.267. The minimum atomic E-state index is 0.740. The maximum Gasteiger partial charge on any atom is 0.188 e. The van der Waals surface area contributed by atoms with E-state index in [0.29, 0.717) is 0 Å². The van der Waals surface area contributed by atoms with Crippen LogP contribution in [0, 0.1) is 6.92 Å². The van der Waals surface area contributed by atoms with Crippen molar-refractivity contribution in [3.05, 3.63) is 42.0 Å². The van der Waals surface area contributed by atoms with Crippen LogP contribution in [0.25, 0.3) is 11.0 Å². The van der Waals surface area contributed by atoms with Crippen LogP contribution in [0.1, 0.15) is 18.4 Å². The Morgan fingerprint density at radius 1 is 1.24 bits per heavy atom. The minimum Gasteiger partial charge on any atom is -0.399 e. The monoisotopic (exact) mass is 299 g/mol. The number of hydrogen-bond donors (Lipinski definition) is 1. The molecule has 0 amide bonds. The van der Waals surface area contributed by atoms with Crippen molar-refractivity contribution in [2.75, 3.05) is 5.73 Å². The van der Waals surface area contributed by atoms with E-state index in [1.54, 1.807) is 18.0 Å². The van der Waals surface area contributed by atoms with Gasteiger partial charge in [-0.3, -0.25) is 0 Å². The van der Waals surface area contributed by atoms with E-state index >= 15 is 0 Å². The highest BCUT2D eigenvalue weighted by atomic mass is 32.2. The van der Waals surface area contributed by atoms with E-state index in [2.05, 4.69) is 26.4 Å². The molecule has 0 unspecified atom stereocenters. The second-order valence-corrected chi connectivity index (χ2v) is 5.73. The van der Waals surface area contributed by atoms with Crippen molar-refractivity contribution in [2.45, 2.75) is 31.3 Å². The van der Waals surface area contributed by atoms with Gasteiger partial charge in [-0.1, -0.05) is 11.8 Å². The van der Waals surface area contributed by atoms with Crippen LogP contribution in [-0.4, -0.2) is 19.5 Å². The van der Waals surface area contributed by atoms with Crippen LogP contribution in [0.3, 0.4) is 0 Å². The Kier molecular flexibility index (Phi) is 3.79. The second kappa shape index (κ2) is 5.73. The summed E-state index contributed by atoms with van der Waals surface area (Å²) in [5, 5.41) is 0.782. The Morgan fingerprint density at radius 2 is 2.10 bits per heavy atom. The summed E-state index contributed by atoms with van der Waals surface area (Å²) in [6.45, 7) is 4.97. The molecular weight excluding hydrogens is 282 g/mol. The van der Waals surface area contributed by atoms with Gasteiger partial charge in [0, 0.05) is 24.1 Å². The number of fused-ring (bicyclic) bond motifs is 1. The molecule has 2 aromatic heterocycles. The molecule has 0 aliphatic rings. The molecule has 0 radical (unpaired) electrons. The molecule has 5 nitrogen and oxygen atoms in total. The van der Waals surface area contributed by atoms with Gasteiger partial charge in [0.1, 0.15) is 5.82 Å².